The minimum Gasteiger partial charge on any atom is -0.377 e. The van der Waals surface area contributed by atoms with Gasteiger partial charge in [-0.15, -0.1) is 0 Å². The number of nitrogens with one attached hydrogen (secondary N) is 1. The molecule has 1 aromatic heterocycles. The van der Waals surface area contributed by atoms with Crippen molar-refractivity contribution in [2.45, 2.75) is 44.9 Å². The minimum absolute atomic E-state index is 0.146. The number of nitrogens with zero attached hydrogens (tertiary/aromatic N) is 3. The van der Waals surface area contributed by atoms with Gasteiger partial charge in [-0.2, -0.15) is 0 Å². The van der Waals surface area contributed by atoms with E-state index in [1.807, 2.05) is 17.9 Å². The Balaban J connectivity index is 1.67. The van der Waals surface area contributed by atoms with Crippen molar-refractivity contribution < 1.29 is 9.53 Å². The molecule has 1 aliphatic carbocycles. The van der Waals surface area contributed by atoms with Gasteiger partial charge in [0, 0.05) is 37.9 Å². The quantitative estimate of drug-likeness (QED) is 0.872. The first-order valence-electron chi connectivity index (χ1n) is 7.05. The van der Waals surface area contributed by atoms with E-state index in [1.54, 1.807) is 7.11 Å². The molecule has 6 nitrogen and oxygen atoms in total. The van der Waals surface area contributed by atoms with Crippen LogP contribution in [0, 0.1) is 6.92 Å². The van der Waals surface area contributed by atoms with Gasteiger partial charge in [0.2, 0.25) is 5.91 Å². The molecule has 0 aromatic carbocycles. The van der Waals surface area contributed by atoms with E-state index in [4.69, 9.17) is 4.74 Å². The lowest BCUT2D eigenvalue weighted by molar-refractivity contribution is -0.128. The molecule has 108 valence electrons. The molecule has 1 amide bonds. The highest BCUT2D eigenvalue weighted by molar-refractivity contribution is 5.80. The Labute approximate surface area is 118 Å². The zero-order valence-corrected chi connectivity index (χ0v) is 11.9. The molecule has 1 aliphatic heterocycles. The van der Waals surface area contributed by atoms with Crippen molar-refractivity contribution in [3.05, 3.63) is 17.6 Å². The van der Waals surface area contributed by atoms with Crippen LogP contribution in [-0.2, 0) is 16.1 Å². The highest BCUT2D eigenvalue weighted by Crippen LogP contribution is 2.31. The first-order valence-corrected chi connectivity index (χ1v) is 7.05. The lowest BCUT2D eigenvalue weighted by atomic mass is 10.2. The zero-order valence-electron chi connectivity index (χ0n) is 11.9. The van der Waals surface area contributed by atoms with Crippen molar-refractivity contribution >= 4 is 11.7 Å². The van der Waals surface area contributed by atoms with Gasteiger partial charge in [-0.3, -0.25) is 4.79 Å². The van der Waals surface area contributed by atoms with Crippen LogP contribution in [0.3, 0.4) is 0 Å². The van der Waals surface area contributed by atoms with Crippen molar-refractivity contribution in [1.29, 1.82) is 0 Å². The number of anilines is 1. The molecule has 2 heterocycles. The first kappa shape index (κ1) is 13.3. The number of likely N-dealkylation sites (tertiary alicyclic amines) is 1. The number of carbonyl (C=O) groups is 1. The summed E-state index contributed by atoms with van der Waals surface area (Å²) in [5, 5.41) is 3.35. The van der Waals surface area contributed by atoms with E-state index in [2.05, 4.69) is 15.3 Å². The topological polar surface area (TPSA) is 67.3 Å². The summed E-state index contributed by atoms with van der Waals surface area (Å²) in [4.78, 5) is 22.7. The summed E-state index contributed by atoms with van der Waals surface area (Å²) < 4.78 is 5.07. The average molecular weight is 276 g/mol. The smallest absolute Gasteiger partial charge is 0.225 e. The summed E-state index contributed by atoms with van der Waals surface area (Å²) in [5.74, 6) is 1.70. The Hall–Kier alpha value is -1.69. The SMILES string of the molecule is COCc1nc(C)cc(NC2CC(=O)N(C3CC3)C2)n1. The van der Waals surface area contributed by atoms with Gasteiger partial charge in [-0.05, 0) is 19.8 Å². The van der Waals surface area contributed by atoms with E-state index in [1.165, 1.54) is 0 Å². The summed E-state index contributed by atoms with van der Waals surface area (Å²) in [7, 11) is 1.63. The van der Waals surface area contributed by atoms with Crippen LogP contribution in [0.15, 0.2) is 6.07 Å². The van der Waals surface area contributed by atoms with Crippen molar-refractivity contribution in [3.8, 4) is 0 Å². The highest BCUT2D eigenvalue weighted by Gasteiger charge is 2.39. The van der Waals surface area contributed by atoms with E-state index in [0.29, 0.717) is 24.9 Å². The van der Waals surface area contributed by atoms with Gasteiger partial charge in [-0.1, -0.05) is 0 Å². The van der Waals surface area contributed by atoms with Crippen molar-refractivity contribution in [2.75, 3.05) is 19.0 Å². The van der Waals surface area contributed by atoms with Gasteiger partial charge in [-0.25, -0.2) is 9.97 Å². The number of hydrogen-bond acceptors (Lipinski definition) is 5. The van der Waals surface area contributed by atoms with Crippen LogP contribution in [0.4, 0.5) is 5.82 Å². The molecule has 1 unspecified atom stereocenters. The third kappa shape index (κ3) is 2.90. The molecule has 20 heavy (non-hydrogen) atoms. The van der Waals surface area contributed by atoms with Crippen LogP contribution >= 0.6 is 0 Å². The van der Waals surface area contributed by atoms with Gasteiger partial charge >= 0.3 is 0 Å². The lowest BCUT2D eigenvalue weighted by Crippen LogP contribution is -2.30. The average Bonchev–Trinajstić information content (AvgIpc) is 3.14. The molecule has 1 saturated carbocycles. The third-order valence-electron chi connectivity index (χ3n) is 3.67. The monoisotopic (exact) mass is 276 g/mol. The molecule has 2 fully saturated rings. The molecule has 0 radical (unpaired) electrons. The van der Waals surface area contributed by atoms with E-state index in [0.717, 1.165) is 30.9 Å². The summed E-state index contributed by atoms with van der Waals surface area (Å²) >= 11 is 0. The van der Waals surface area contributed by atoms with E-state index < -0.39 is 0 Å². The molecular formula is C14H20N4O2. The second-order valence-corrected chi connectivity index (χ2v) is 5.57. The van der Waals surface area contributed by atoms with E-state index in [-0.39, 0.29) is 11.9 Å². The van der Waals surface area contributed by atoms with Crippen molar-refractivity contribution in [1.82, 2.24) is 14.9 Å². The van der Waals surface area contributed by atoms with Crippen molar-refractivity contribution in [3.63, 3.8) is 0 Å². The molecule has 2 aliphatic rings. The number of aryl methyl sites for hydroxylation is 1. The standard InChI is InChI=1S/C14H20N4O2/c1-9-5-12(17-13(15-9)8-20-2)16-10-6-14(19)18(7-10)11-3-4-11/h5,10-11H,3-4,6-8H2,1-2H3,(H,15,16,17). The largest absolute Gasteiger partial charge is 0.377 e. The number of carbonyl (C=O) groups excluding carboxylic acids is 1. The second-order valence-electron chi connectivity index (χ2n) is 5.57. The number of aromatic nitrogens is 2. The maximum Gasteiger partial charge on any atom is 0.225 e. The predicted octanol–water partition coefficient (Wildman–Crippen LogP) is 1.11. The molecule has 1 atom stereocenters. The molecule has 0 spiro atoms. The van der Waals surface area contributed by atoms with Crippen LogP contribution in [0.1, 0.15) is 30.8 Å². The van der Waals surface area contributed by atoms with Gasteiger partial charge in [0.15, 0.2) is 5.82 Å². The Morgan fingerprint density at radius 1 is 1.45 bits per heavy atom. The number of ether oxygens (including phenoxy) is 1. The Morgan fingerprint density at radius 2 is 2.25 bits per heavy atom. The van der Waals surface area contributed by atoms with Crippen LogP contribution < -0.4 is 5.32 Å². The van der Waals surface area contributed by atoms with Crippen LogP contribution in [0.25, 0.3) is 0 Å². The minimum atomic E-state index is 0.146. The summed E-state index contributed by atoms with van der Waals surface area (Å²) in [5.41, 5.74) is 0.901. The fraction of sp³-hybridized carbons (Fsp3) is 0.643. The maximum absolute atomic E-state index is 11.9. The van der Waals surface area contributed by atoms with Crippen LogP contribution in [0.2, 0.25) is 0 Å². The fourth-order valence-electron chi connectivity index (χ4n) is 2.67. The third-order valence-corrected chi connectivity index (χ3v) is 3.67. The summed E-state index contributed by atoms with van der Waals surface area (Å²) in [6, 6.07) is 2.54. The van der Waals surface area contributed by atoms with Crippen LogP contribution in [0.5, 0.6) is 0 Å². The molecular weight excluding hydrogens is 256 g/mol. The normalized spacial score (nSPS) is 22.4. The number of rotatable bonds is 5. The van der Waals surface area contributed by atoms with E-state index >= 15 is 0 Å². The second kappa shape index (κ2) is 5.36. The number of hydrogen-bond donors (Lipinski definition) is 1. The van der Waals surface area contributed by atoms with Crippen molar-refractivity contribution in [2.24, 2.45) is 0 Å². The van der Waals surface area contributed by atoms with Gasteiger partial charge in [0.25, 0.3) is 0 Å². The molecule has 0 bridgehead atoms. The van der Waals surface area contributed by atoms with Gasteiger partial charge < -0.3 is 15.0 Å². The Kier molecular flexibility index (Phi) is 3.56. The number of amides is 1. The Bertz CT molecular complexity index is 516. The van der Waals surface area contributed by atoms with Gasteiger partial charge in [0.05, 0.1) is 6.04 Å². The Morgan fingerprint density at radius 3 is 2.95 bits per heavy atom. The fourth-order valence-corrected chi connectivity index (χ4v) is 2.67. The van der Waals surface area contributed by atoms with Crippen LogP contribution in [-0.4, -0.2) is 46.5 Å². The zero-order chi connectivity index (χ0) is 14.1. The highest BCUT2D eigenvalue weighted by atomic mass is 16.5. The van der Waals surface area contributed by atoms with E-state index in [9.17, 15) is 4.79 Å². The number of methoxy groups -OCH3 is 1. The maximum atomic E-state index is 11.9. The first-order chi connectivity index (χ1) is 9.65. The summed E-state index contributed by atoms with van der Waals surface area (Å²) in [6.07, 6.45) is 2.87. The summed E-state index contributed by atoms with van der Waals surface area (Å²) in [6.45, 7) is 3.11. The predicted molar refractivity (Wildman–Crippen MR) is 74.2 cm³/mol. The molecule has 3 rings (SSSR count). The lowest BCUT2D eigenvalue weighted by Gasteiger charge is -2.16. The molecule has 1 N–H and O–H groups in total. The molecule has 6 heteroatoms. The molecule has 1 saturated heterocycles. The molecule has 1 aromatic rings. The van der Waals surface area contributed by atoms with Gasteiger partial charge in [0.1, 0.15) is 12.4 Å².